The van der Waals surface area contributed by atoms with Gasteiger partial charge in [-0.1, -0.05) is 6.07 Å². The van der Waals surface area contributed by atoms with E-state index in [1.54, 1.807) is 24.0 Å². The van der Waals surface area contributed by atoms with E-state index in [1.165, 1.54) is 6.20 Å². The van der Waals surface area contributed by atoms with Gasteiger partial charge in [0.15, 0.2) is 0 Å². The van der Waals surface area contributed by atoms with Gasteiger partial charge in [0.05, 0.1) is 16.8 Å². The summed E-state index contributed by atoms with van der Waals surface area (Å²) in [5.41, 5.74) is 3.10. The summed E-state index contributed by atoms with van der Waals surface area (Å²) in [5.74, 6) is 0. The highest BCUT2D eigenvalue weighted by atomic mass is 32.2. The van der Waals surface area contributed by atoms with Gasteiger partial charge in [0.2, 0.25) is 0 Å². The molecule has 6 nitrogen and oxygen atoms in total. The maximum Gasteiger partial charge on any atom is 0.262 e. The van der Waals surface area contributed by atoms with Crippen LogP contribution in [-0.4, -0.2) is 25.2 Å². The first-order chi connectivity index (χ1) is 9.83. The average Bonchev–Trinajstić information content (AvgIpc) is 2.78. The van der Waals surface area contributed by atoms with Crippen molar-refractivity contribution >= 4 is 15.7 Å². The molecular formula is C14H20N4O2S. The Bertz CT molecular complexity index is 750. The largest absolute Gasteiger partial charge is 0.316 e. The Hall–Kier alpha value is -1.86. The van der Waals surface area contributed by atoms with Gasteiger partial charge in [-0.3, -0.25) is 9.40 Å². The molecule has 114 valence electrons. The van der Waals surface area contributed by atoms with Crippen molar-refractivity contribution in [3.63, 3.8) is 0 Å². The summed E-state index contributed by atoms with van der Waals surface area (Å²) in [6, 6.07) is 3.70. The summed E-state index contributed by atoms with van der Waals surface area (Å²) in [6.45, 7) is 4.35. The van der Waals surface area contributed by atoms with E-state index in [4.69, 9.17) is 0 Å². The Balaban J connectivity index is 2.43. The van der Waals surface area contributed by atoms with Crippen molar-refractivity contribution in [2.45, 2.75) is 25.3 Å². The quantitative estimate of drug-likeness (QED) is 0.879. The van der Waals surface area contributed by atoms with Crippen LogP contribution in [0.15, 0.2) is 29.4 Å². The molecule has 7 heteroatoms. The smallest absolute Gasteiger partial charge is 0.262 e. The second-order valence-corrected chi connectivity index (χ2v) is 6.73. The summed E-state index contributed by atoms with van der Waals surface area (Å²) in [6.07, 6.45) is 3.11. The lowest BCUT2D eigenvalue weighted by Crippen LogP contribution is -2.16. The van der Waals surface area contributed by atoms with Crippen LogP contribution < -0.4 is 10.0 Å². The Morgan fingerprint density at radius 3 is 2.57 bits per heavy atom. The minimum Gasteiger partial charge on any atom is -0.316 e. The van der Waals surface area contributed by atoms with Crippen molar-refractivity contribution in [3.8, 4) is 0 Å². The molecule has 0 saturated carbocycles. The minimum atomic E-state index is -3.63. The summed E-state index contributed by atoms with van der Waals surface area (Å²) >= 11 is 0. The number of aromatic nitrogens is 2. The molecular weight excluding hydrogens is 288 g/mol. The van der Waals surface area contributed by atoms with Gasteiger partial charge in [0.1, 0.15) is 0 Å². The lowest BCUT2D eigenvalue weighted by atomic mass is 10.1. The molecule has 2 N–H and O–H groups in total. The molecule has 21 heavy (non-hydrogen) atoms. The van der Waals surface area contributed by atoms with Crippen LogP contribution in [0.25, 0.3) is 0 Å². The maximum absolute atomic E-state index is 12.6. The first-order valence-electron chi connectivity index (χ1n) is 6.59. The van der Waals surface area contributed by atoms with Crippen LogP contribution in [0, 0.1) is 13.8 Å². The van der Waals surface area contributed by atoms with Crippen LogP contribution in [0.5, 0.6) is 0 Å². The number of sulfonamides is 1. The van der Waals surface area contributed by atoms with E-state index in [2.05, 4.69) is 15.1 Å². The predicted octanol–water partition coefficient (Wildman–Crippen LogP) is 1.56. The second-order valence-electron chi connectivity index (χ2n) is 5.07. The van der Waals surface area contributed by atoms with E-state index in [9.17, 15) is 8.42 Å². The van der Waals surface area contributed by atoms with Crippen molar-refractivity contribution < 1.29 is 8.42 Å². The van der Waals surface area contributed by atoms with Gasteiger partial charge in [0, 0.05) is 19.8 Å². The third-order valence-corrected chi connectivity index (χ3v) is 4.81. The van der Waals surface area contributed by atoms with Gasteiger partial charge in [-0.2, -0.15) is 5.10 Å². The molecule has 0 aliphatic heterocycles. The molecule has 1 heterocycles. The predicted molar refractivity (Wildman–Crippen MR) is 82.7 cm³/mol. The molecule has 0 fully saturated rings. The number of hydrogen-bond acceptors (Lipinski definition) is 4. The van der Waals surface area contributed by atoms with Crippen molar-refractivity contribution in [1.82, 2.24) is 15.1 Å². The highest BCUT2D eigenvalue weighted by Gasteiger charge is 2.19. The lowest BCUT2D eigenvalue weighted by Gasteiger charge is -2.13. The van der Waals surface area contributed by atoms with Crippen molar-refractivity contribution in [3.05, 3.63) is 41.2 Å². The van der Waals surface area contributed by atoms with Crippen LogP contribution in [0.1, 0.15) is 16.7 Å². The molecule has 2 aromatic rings. The average molecular weight is 308 g/mol. The summed E-state index contributed by atoms with van der Waals surface area (Å²) in [7, 11) is -0.0576. The van der Waals surface area contributed by atoms with Gasteiger partial charge in [-0.25, -0.2) is 8.42 Å². The van der Waals surface area contributed by atoms with Gasteiger partial charge in [-0.15, -0.1) is 0 Å². The number of nitrogens with zero attached hydrogens (tertiary/aromatic N) is 2. The first kappa shape index (κ1) is 15.5. The van der Waals surface area contributed by atoms with Crippen LogP contribution in [0.3, 0.4) is 0 Å². The highest BCUT2D eigenvalue weighted by molar-refractivity contribution is 7.92. The summed E-state index contributed by atoms with van der Waals surface area (Å²) in [4.78, 5) is 0.302. The van der Waals surface area contributed by atoms with Gasteiger partial charge in [0.25, 0.3) is 10.0 Å². The summed E-state index contributed by atoms with van der Waals surface area (Å²) in [5, 5.41) is 6.99. The van der Waals surface area contributed by atoms with Gasteiger partial charge >= 0.3 is 0 Å². The fourth-order valence-electron chi connectivity index (χ4n) is 2.17. The zero-order valence-corrected chi connectivity index (χ0v) is 13.5. The normalized spacial score (nSPS) is 11.6. The molecule has 0 saturated heterocycles. The Morgan fingerprint density at radius 2 is 2.00 bits per heavy atom. The summed E-state index contributed by atoms with van der Waals surface area (Å²) < 4.78 is 29.3. The van der Waals surface area contributed by atoms with E-state index in [0.29, 0.717) is 17.1 Å². The van der Waals surface area contributed by atoms with Crippen molar-refractivity contribution in [1.29, 1.82) is 0 Å². The minimum absolute atomic E-state index is 0.302. The van der Waals surface area contributed by atoms with Crippen LogP contribution >= 0.6 is 0 Å². The van der Waals surface area contributed by atoms with Crippen molar-refractivity contribution in [2.75, 3.05) is 11.8 Å². The van der Waals surface area contributed by atoms with E-state index in [1.807, 2.05) is 27.0 Å². The molecule has 0 atom stereocenters. The number of nitrogens with one attached hydrogen (secondary N) is 2. The Kier molecular flexibility index (Phi) is 4.34. The van der Waals surface area contributed by atoms with Gasteiger partial charge in [-0.05, 0) is 43.7 Å². The molecule has 0 aliphatic carbocycles. The fraction of sp³-hybridized carbons (Fsp3) is 0.357. The zero-order chi connectivity index (χ0) is 15.6. The van der Waals surface area contributed by atoms with Crippen LogP contribution in [-0.2, 0) is 23.6 Å². The number of hydrogen-bond donors (Lipinski definition) is 2. The molecule has 2 rings (SSSR count). The monoisotopic (exact) mass is 308 g/mol. The highest BCUT2D eigenvalue weighted by Crippen LogP contribution is 2.23. The van der Waals surface area contributed by atoms with Crippen molar-refractivity contribution in [2.24, 2.45) is 7.05 Å². The van der Waals surface area contributed by atoms with E-state index >= 15 is 0 Å². The zero-order valence-electron chi connectivity index (χ0n) is 12.6. The van der Waals surface area contributed by atoms with Crippen LogP contribution in [0.2, 0.25) is 0 Å². The number of aryl methyl sites for hydroxylation is 2. The van der Waals surface area contributed by atoms with E-state index in [-0.39, 0.29) is 0 Å². The molecule has 0 radical (unpaired) electrons. The number of anilines is 1. The first-order valence-corrected chi connectivity index (χ1v) is 8.08. The lowest BCUT2D eigenvalue weighted by molar-refractivity contribution is 0.600. The molecule has 0 amide bonds. The van der Waals surface area contributed by atoms with E-state index < -0.39 is 10.0 Å². The topological polar surface area (TPSA) is 76.0 Å². The Morgan fingerprint density at radius 1 is 1.29 bits per heavy atom. The molecule has 0 unspecified atom stereocenters. The standard InChI is InChI=1S/C14H20N4O2S/c1-10-5-12(7-15-3)6-14(11(10)2)21(19,20)17-13-8-16-18(4)9-13/h5-6,8-9,15,17H,7H2,1-4H3. The second kappa shape index (κ2) is 5.87. The fourth-order valence-corrected chi connectivity index (χ4v) is 3.56. The number of rotatable bonds is 5. The van der Waals surface area contributed by atoms with Crippen LogP contribution in [0.4, 0.5) is 5.69 Å². The van der Waals surface area contributed by atoms with E-state index in [0.717, 1.165) is 16.7 Å². The Labute approximate surface area is 125 Å². The molecule has 0 aliphatic rings. The molecule has 0 bridgehead atoms. The molecule has 0 spiro atoms. The SMILES string of the molecule is CNCc1cc(C)c(C)c(S(=O)(=O)Nc2cnn(C)c2)c1. The van der Waals surface area contributed by atoms with Gasteiger partial charge < -0.3 is 5.32 Å². The number of benzene rings is 1. The maximum atomic E-state index is 12.6. The third-order valence-electron chi connectivity index (χ3n) is 3.31. The molecule has 1 aromatic carbocycles. The third kappa shape index (κ3) is 3.43. The molecule has 1 aromatic heterocycles.